The highest BCUT2D eigenvalue weighted by Gasteiger charge is 2.16. The maximum absolute atomic E-state index is 6.24. The van der Waals surface area contributed by atoms with Gasteiger partial charge in [-0.2, -0.15) is 0 Å². The topological polar surface area (TPSA) is 92.0 Å². The summed E-state index contributed by atoms with van der Waals surface area (Å²) in [4.78, 5) is 16.0. The molecule has 4 N–H and O–H groups in total. The van der Waals surface area contributed by atoms with Crippen molar-refractivity contribution in [1.29, 1.82) is 0 Å². The fraction of sp³-hybridized carbons (Fsp3) is 0.318. The van der Waals surface area contributed by atoms with Gasteiger partial charge in [-0.3, -0.25) is 9.98 Å². The lowest BCUT2D eigenvalue weighted by atomic mass is 9.90. The molecule has 0 spiro atoms. The molecule has 0 saturated heterocycles. The van der Waals surface area contributed by atoms with Crippen LogP contribution in [0, 0.1) is 0 Å². The number of halogens is 2. The summed E-state index contributed by atoms with van der Waals surface area (Å²) in [6.45, 7) is 1.41. The number of pyridine rings is 1. The Hall–Kier alpha value is -2.57. The Kier molecular flexibility index (Phi) is 8.53. The SMILES string of the molecule is NC(=NCCCc1cnc[nH]1)NCCCC(c1ccc(Cl)c(Cl)c1)c1ccccn1. The molecule has 8 heteroatoms. The summed E-state index contributed by atoms with van der Waals surface area (Å²) in [6, 6.07) is 11.7. The molecule has 0 bridgehead atoms. The van der Waals surface area contributed by atoms with Gasteiger partial charge in [0.25, 0.3) is 0 Å². The number of hydrogen-bond acceptors (Lipinski definition) is 3. The maximum Gasteiger partial charge on any atom is 0.188 e. The van der Waals surface area contributed by atoms with Gasteiger partial charge in [0.15, 0.2) is 5.96 Å². The summed E-state index contributed by atoms with van der Waals surface area (Å²) < 4.78 is 0. The number of aromatic amines is 1. The number of hydrogen-bond donors (Lipinski definition) is 3. The Bertz CT molecular complexity index is 928. The Morgan fingerprint density at radius 2 is 2.07 bits per heavy atom. The van der Waals surface area contributed by atoms with Crippen molar-refractivity contribution in [3.05, 3.63) is 82.1 Å². The van der Waals surface area contributed by atoms with Gasteiger partial charge in [0.1, 0.15) is 0 Å². The minimum Gasteiger partial charge on any atom is -0.370 e. The lowest BCUT2D eigenvalue weighted by molar-refractivity contribution is 0.635. The molecule has 0 amide bonds. The normalized spacial score (nSPS) is 12.7. The number of aliphatic imine (C=N–C) groups is 1. The smallest absolute Gasteiger partial charge is 0.188 e. The fourth-order valence-electron chi connectivity index (χ4n) is 3.27. The number of H-pyrrole nitrogens is 1. The van der Waals surface area contributed by atoms with E-state index in [4.69, 9.17) is 28.9 Å². The number of nitrogens with zero attached hydrogens (tertiary/aromatic N) is 3. The van der Waals surface area contributed by atoms with Crippen molar-refractivity contribution in [3.63, 3.8) is 0 Å². The first-order valence-electron chi connectivity index (χ1n) is 10.0. The maximum atomic E-state index is 6.24. The average molecular weight is 445 g/mol. The van der Waals surface area contributed by atoms with Crippen LogP contribution >= 0.6 is 23.2 Å². The zero-order chi connectivity index (χ0) is 21.2. The second-order valence-electron chi connectivity index (χ2n) is 7.00. The predicted octanol–water partition coefficient (Wildman–Crippen LogP) is 4.56. The third-order valence-corrected chi connectivity index (χ3v) is 5.55. The van der Waals surface area contributed by atoms with Crippen molar-refractivity contribution in [3.8, 4) is 0 Å². The molecule has 158 valence electrons. The van der Waals surface area contributed by atoms with E-state index in [0.29, 0.717) is 22.5 Å². The standard InChI is InChI=1S/C22H26Cl2N6/c23-19-9-8-16(13-20(19)24)18(21-7-1-2-10-27-21)6-4-12-29-22(25)28-11-3-5-17-14-26-15-30-17/h1-2,7-10,13-15,18H,3-6,11-12H2,(H,26,30)(H3,25,28,29). The number of imidazole rings is 1. The average Bonchev–Trinajstić information content (AvgIpc) is 3.28. The molecular weight excluding hydrogens is 419 g/mol. The van der Waals surface area contributed by atoms with Crippen LogP contribution in [0.4, 0.5) is 0 Å². The molecule has 1 aromatic carbocycles. The molecule has 2 heterocycles. The van der Waals surface area contributed by atoms with Crippen molar-refractivity contribution in [2.24, 2.45) is 10.7 Å². The molecule has 0 aliphatic heterocycles. The number of rotatable bonds is 10. The number of nitrogens with two attached hydrogens (primary N) is 1. The molecule has 0 fully saturated rings. The molecule has 3 aromatic rings. The largest absolute Gasteiger partial charge is 0.370 e. The van der Waals surface area contributed by atoms with E-state index in [1.54, 1.807) is 6.33 Å². The summed E-state index contributed by atoms with van der Waals surface area (Å²) in [5, 5.41) is 4.30. The van der Waals surface area contributed by atoms with E-state index in [1.165, 1.54) is 0 Å². The van der Waals surface area contributed by atoms with Crippen LogP contribution in [0.2, 0.25) is 10.0 Å². The highest BCUT2D eigenvalue weighted by atomic mass is 35.5. The highest BCUT2D eigenvalue weighted by molar-refractivity contribution is 6.42. The quantitative estimate of drug-likeness (QED) is 0.242. The van der Waals surface area contributed by atoms with Gasteiger partial charge < -0.3 is 16.0 Å². The molecule has 2 aromatic heterocycles. The summed E-state index contributed by atoms with van der Waals surface area (Å²) in [6.07, 6.45) is 8.96. The van der Waals surface area contributed by atoms with Gasteiger partial charge in [0, 0.05) is 42.8 Å². The molecule has 1 atom stereocenters. The first-order chi connectivity index (χ1) is 14.6. The fourth-order valence-corrected chi connectivity index (χ4v) is 3.57. The first-order valence-corrected chi connectivity index (χ1v) is 10.8. The molecule has 1 unspecified atom stereocenters. The van der Waals surface area contributed by atoms with E-state index in [-0.39, 0.29) is 5.92 Å². The molecule has 30 heavy (non-hydrogen) atoms. The van der Waals surface area contributed by atoms with Crippen molar-refractivity contribution in [2.45, 2.75) is 31.6 Å². The molecule has 0 aliphatic rings. The second kappa shape index (κ2) is 11.6. The minimum atomic E-state index is 0.135. The van der Waals surface area contributed by atoms with E-state index >= 15 is 0 Å². The van der Waals surface area contributed by atoms with Crippen molar-refractivity contribution >= 4 is 29.2 Å². The third kappa shape index (κ3) is 6.75. The molecule has 0 saturated carbocycles. The van der Waals surface area contributed by atoms with Crippen LogP contribution in [0.3, 0.4) is 0 Å². The van der Waals surface area contributed by atoms with E-state index in [9.17, 15) is 0 Å². The van der Waals surface area contributed by atoms with Gasteiger partial charge in [-0.1, -0.05) is 35.3 Å². The monoisotopic (exact) mass is 444 g/mol. The number of nitrogens with one attached hydrogen (secondary N) is 2. The van der Waals surface area contributed by atoms with Gasteiger partial charge in [0.2, 0.25) is 0 Å². The van der Waals surface area contributed by atoms with Crippen LogP contribution in [0.25, 0.3) is 0 Å². The number of benzene rings is 1. The Labute approximate surface area is 187 Å². The molecular formula is C22H26Cl2N6. The Morgan fingerprint density at radius 3 is 2.80 bits per heavy atom. The van der Waals surface area contributed by atoms with Crippen molar-refractivity contribution < 1.29 is 0 Å². The number of aryl methyl sites for hydroxylation is 1. The zero-order valence-electron chi connectivity index (χ0n) is 16.7. The summed E-state index contributed by atoms with van der Waals surface area (Å²) in [5.41, 5.74) is 9.20. The van der Waals surface area contributed by atoms with Crippen LogP contribution in [0.15, 0.2) is 60.1 Å². The first kappa shape index (κ1) is 22.1. The Morgan fingerprint density at radius 1 is 1.17 bits per heavy atom. The van der Waals surface area contributed by atoms with Gasteiger partial charge in [-0.15, -0.1) is 0 Å². The highest BCUT2D eigenvalue weighted by Crippen LogP contribution is 2.32. The summed E-state index contributed by atoms with van der Waals surface area (Å²) >= 11 is 12.3. The van der Waals surface area contributed by atoms with Crippen LogP contribution in [-0.4, -0.2) is 34.0 Å². The van der Waals surface area contributed by atoms with E-state index in [0.717, 1.165) is 49.2 Å². The van der Waals surface area contributed by atoms with Gasteiger partial charge in [0.05, 0.1) is 16.4 Å². The van der Waals surface area contributed by atoms with Gasteiger partial charge in [-0.05, 0) is 55.5 Å². The molecule has 3 rings (SSSR count). The predicted molar refractivity (Wildman–Crippen MR) is 123 cm³/mol. The molecule has 0 radical (unpaired) electrons. The number of aromatic nitrogens is 3. The van der Waals surface area contributed by atoms with Crippen molar-refractivity contribution in [2.75, 3.05) is 13.1 Å². The van der Waals surface area contributed by atoms with Gasteiger partial charge >= 0.3 is 0 Å². The lowest BCUT2D eigenvalue weighted by Crippen LogP contribution is -2.32. The molecule has 0 aliphatic carbocycles. The van der Waals surface area contributed by atoms with Crippen molar-refractivity contribution in [1.82, 2.24) is 20.3 Å². The lowest BCUT2D eigenvalue weighted by Gasteiger charge is -2.18. The number of guanidine groups is 1. The van der Waals surface area contributed by atoms with E-state index < -0.39 is 0 Å². The van der Waals surface area contributed by atoms with Crippen LogP contribution in [0.1, 0.15) is 42.1 Å². The van der Waals surface area contributed by atoms with Gasteiger partial charge in [-0.25, -0.2) is 4.98 Å². The summed E-state index contributed by atoms with van der Waals surface area (Å²) in [5.74, 6) is 0.610. The van der Waals surface area contributed by atoms with E-state index in [1.807, 2.05) is 48.8 Å². The zero-order valence-corrected chi connectivity index (χ0v) is 18.2. The summed E-state index contributed by atoms with van der Waals surface area (Å²) in [7, 11) is 0. The van der Waals surface area contributed by atoms with Crippen LogP contribution in [-0.2, 0) is 6.42 Å². The minimum absolute atomic E-state index is 0.135. The van der Waals surface area contributed by atoms with Crippen LogP contribution < -0.4 is 11.1 Å². The Balaban J connectivity index is 1.49. The second-order valence-corrected chi connectivity index (χ2v) is 7.81. The molecule has 6 nitrogen and oxygen atoms in total. The van der Waals surface area contributed by atoms with Crippen LogP contribution in [0.5, 0.6) is 0 Å². The van der Waals surface area contributed by atoms with E-state index in [2.05, 4.69) is 25.3 Å². The third-order valence-electron chi connectivity index (χ3n) is 4.81.